The van der Waals surface area contributed by atoms with E-state index in [1.807, 2.05) is 0 Å². The van der Waals surface area contributed by atoms with E-state index in [0.717, 1.165) is 30.8 Å². The molecule has 1 saturated heterocycles. The zero-order valence-corrected chi connectivity index (χ0v) is 8.05. The first-order valence-electron chi connectivity index (χ1n) is 4.33. The number of thiol groups is 1. The van der Waals surface area contributed by atoms with Crippen LogP contribution in [-0.4, -0.2) is 28.0 Å². The van der Waals surface area contributed by atoms with Crippen LogP contribution in [0.15, 0.2) is 11.4 Å². The highest BCUT2D eigenvalue weighted by molar-refractivity contribution is 7.80. The van der Waals surface area contributed by atoms with Crippen LogP contribution in [0.1, 0.15) is 19.3 Å². The normalized spacial score (nSPS) is 26.2. The summed E-state index contributed by atoms with van der Waals surface area (Å²) in [5.74, 6) is -0.788. The molecule has 0 radical (unpaired) electrons. The molecule has 1 fully saturated rings. The van der Waals surface area contributed by atoms with Crippen molar-refractivity contribution in [1.82, 2.24) is 10.2 Å². The maximum Gasteiger partial charge on any atom is 0.309 e. The van der Waals surface area contributed by atoms with Gasteiger partial charge in [-0.25, -0.2) is 0 Å². The summed E-state index contributed by atoms with van der Waals surface area (Å²) in [5.41, 5.74) is 1.96. The monoisotopic (exact) mass is 200 g/mol. The van der Waals surface area contributed by atoms with Crippen LogP contribution < -0.4 is 5.32 Å². The number of nitrogens with zero attached hydrogens (tertiary/aromatic N) is 1. The van der Waals surface area contributed by atoms with Crippen molar-refractivity contribution >= 4 is 18.6 Å². The Morgan fingerprint density at radius 2 is 2.54 bits per heavy atom. The summed E-state index contributed by atoms with van der Waals surface area (Å²) in [6.45, 7) is 0.986. The Hall–Kier alpha value is -0.840. The fourth-order valence-corrected chi connectivity index (χ4v) is 2.32. The molecule has 0 aromatic rings. The van der Waals surface area contributed by atoms with Crippen LogP contribution in [-0.2, 0) is 4.79 Å². The van der Waals surface area contributed by atoms with E-state index in [1.54, 1.807) is 0 Å². The molecule has 0 aromatic carbocycles. The van der Waals surface area contributed by atoms with Crippen molar-refractivity contribution in [3.63, 3.8) is 0 Å². The Kier molecular flexibility index (Phi) is 2.11. The lowest BCUT2D eigenvalue weighted by atomic mass is 10.2. The van der Waals surface area contributed by atoms with E-state index < -0.39 is 5.97 Å². The summed E-state index contributed by atoms with van der Waals surface area (Å²) < 4.78 is 0. The number of carboxylic acids is 1. The number of nitrogens with one attached hydrogen (secondary N) is 1. The number of aliphatic carboxylic acids is 1. The lowest BCUT2D eigenvalue weighted by molar-refractivity contribution is -0.136. The van der Waals surface area contributed by atoms with Crippen molar-refractivity contribution in [2.24, 2.45) is 0 Å². The first-order chi connectivity index (χ1) is 6.18. The van der Waals surface area contributed by atoms with Gasteiger partial charge in [0.2, 0.25) is 0 Å². The fraction of sp³-hybridized carbons (Fsp3) is 0.625. The standard InChI is InChI=1S/C8H12N2O2S/c11-7(12)4-5-6-2-1-3-10(6)8(13)9-5/h8-9,13H,1-4H2,(H,11,12). The van der Waals surface area contributed by atoms with Gasteiger partial charge in [-0.05, 0) is 12.8 Å². The predicted molar refractivity (Wildman–Crippen MR) is 51.1 cm³/mol. The van der Waals surface area contributed by atoms with Gasteiger partial charge < -0.3 is 15.3 Å². The average molecular weight is 200 g/mol. The van der Waals surface area contributed by atoms with Crippen LogP contribution in [0.25, 0.3) is 0 Å². The minimum absolute atomic E-state index is 0.0214. The molecule has 0 saturated carbocycles. The van der Waals surface area contributed by atoms with Crippen molar-refractivity contribution in [3.05, 3.63) is 11.4 Å². The summed E-state index contributed by atoms with van der Waals surface area (Å²) in [5, 5.41) is 11.7. The highest BCUT2D eigenvalue weighted by Crippen LogP contribution is 2.32. The van der Waals surface area contributed by atoms with Gasteiger partial charge in [0.25, 0.3) is 0 Å². The molecule has 2 N–H and O–H groups in total. The molecule has 2 aliphatic rings. The Bertz CT molecular complexity index is 277. The SMILES string of the molecule is O=C(O)CC1=C2CCCN2C(S)N1. The molecule has 1 unspecified atom stereocenters. The second kappa shape index (κ2) is 3.14. The quantitative estimate of drug-likeness (QED) is 0.571. The molecule has 4 nitrogen and oxygen atoms in total. The lowest BCUT2D eigenvalue weighted by Gasteiger charge is -2.18. The summed E-state index contributed by atoms with van der Waals surface area (Å²) in [6, 6.07) is 0. The molecular formula is C8H12N2O2S. The molecule has 72 valence electrons. The molecule has 2 aliphatic heterocycles. The highest BCUT2D eigenvalue weighted by atomic mass is 32.1. The molecule has 0 spiro atoms. The van der Waals surface area contributed by atoms with E-state index in [4.69, 9.17) is 5.11 Å². The molecule has 13 heavy (non-hydrogen) atoms. The third-order valence-corrected chi connectivity index (χ3v) is 2.84. The molecule has 2 heterocycles. The third kappa shape index (κ3) is 1.48. The smallest absolute Gasteiger partial charge is 0.309 e. The lowest BCUT2D eigenvalue weighted by Crippen LogP contribution is -2.30. The van der Waals surface area contributed by atoms with Gasteiger partial charge in [0, 0.05) is 17.9 Å². The van der Waals surface area contributed by atoms with Gasteiger partial charge in [-0.1, -0.05) is 0 Å². The summed E-state index contributed by atoms with van der Waals surface area (Å²) in [6.07, 6.45) is 2.17. The van der Waals surface area contributed by atoms with Crippen molar-refractivity contribution in [3.8, 4) is 0 Å². The molecule has 0 aliphatic carbocycles. The van der Waals surface area contributed by atoms with Gasteiger partial charge in [-0.3, -0.25) is 4.79 Å². The van der Waals surface area contributed by atoms with Crippen LogP contribution in [0.2, 0.25) is 0 Å². The van der Waals surface area contributed by atoms with E-state index >= 15 is 0 Å². The van der Waals surface area contributed by atoms with E-state index in [2.05, 4.69) is 22.8 Å². The Morgan fingerprint density at radius 1 is 1.77 bits per heavy atom. The minimum Gasteiger partial charge on any atom is -0.481 e. The van der Waals surface area contributed by atoms with Crippen LogP contribution in [0.3, 0.4) is 0 Å². The van der Waals surface area contributed by atoms with Gasteiger partial charge in [0.1, 0.15) is 5.50 Å². The van der Waals surface area contributed by atoms with Gasteiger partial charge >= 0.3 is 5.97 Å². The van der Waals surface area contributed by atoms with E-state index in [-0.39, 0.29) is 11.9 Å². The second-order valence-electron chi connectivity index (χ2n) is 3.31. The summed E-state index contributed by atoms with van der Waals surface area (Å²) in [4.78, 5) is 12.7. The van der Waals surface area contributed by atoms with Gasteiger partial charge in [0.05, 0.1) is 6.42 Å². The van der Waals surface area contributed by atoms with E-state index in [9.17, 15) is 4.79 Å². The van der Waals surface area contributed by atoms with Gasteiger partial charge in [-0.2, -0.15) is 0 Å². The number of rotatable bonds is 2. The van der Waals surface area contributed by atoms with E-state index in [0.29, 0.717) is 0 Å². The van der Waals surface area contributed by atoms with Crippen LogP contribution in [0, 0.1) is 0 Å². The Balaban J connectivity index is 2.17. The molecule has 0 amide bonds. The number of carboxylic acid groups (broad SMARTS) is 1. The van der Waals surface area contributed by atoms with Crippen LogP contribution in [0.5, 0.6) is 0 Å². The zero-order valence-electron chi connectivity index (χ0n) is 7.16. The largest absolute Gasteiger partial charge is 0.481 e. The number of hydrogen-bond acceptors (Lipinski definition) is 4. The topological polar surface area (TPSA) is 52.6 Å². The van der Waals surface area contributed by atoms with Crippen molar-refractivity contribution in [2.75, 3.05) is 6.54 Å². The third-order valence-electron chi connectivity index (χ3n) is 2.43. The number of fused-ring (bicyclic) bond motifs is 1. The number of allylic oxidation sites excluding steroid dienone is 1. The van der Waals surface area contributed by atoms with Gasteiger partial charge in [-0.15, -0.1) is 12.6 Å². The van der Waals surface area contributed by atoms with Crippen molar-refractivity contribution in [1.29, 1.82) is 0 Å². The highest BCUT2D eigenvalue weighted by Gasteiger charge is 2.32. The van der Waals surface area contributed by atoms with Crippen molar-refractivity contribution < 1.29 is 9.90 Å². The molecule has 0 aromatic heterocycles. The Morgan fingerprint density at radius 3 is 3.23 bits per heavy atom. The summed E-state index contributed by atoms with van der Waals surface area (Å²) >= 11 is 4.33. The predicted octanol–water partition coefficient (Wildman–Crippen LogP) is 0.585. The maximum absolute atomic E-state index is 10.5. The molecular weight excluding hydrogens is 188 g/mol. The Labute approximate surface area is 82.0 Å². The number of carbonyl (C=O) groups is 1. The maximum atomic E-state index is 10.5. The zero-order chi connectivity index (χ0) is 9.42. The minimum atomic E-state index is -0.788. The van der Waals surface area contributed by atoms with Gasteiger partial charge in [0.15, 0.2) is 0 Å². The average Bonchev–Trinajstić information content (AvgIpc) is 2.56. The van der Waals surface area contributed by atoms with Crippen molar-refractivity contribution in [2.45, 2.75) is 24.8 Å². The molecule has 2 rings (SSSR count). The first kappa shape index (κ1) is 8.74. The molecule has 5 heteroatoms. The summed E-state index contributed by atoms with van der Waals surface area (Å²) in [7, 11) is 0. The molecule has 0 bridgehead atoms. The number of hydrogen-bond donors (Lipinski definition) is 3. The van der Waals surface area contributed by atoms with Crippen LogP contribution in [0.4, 0.5) is 0 Å². The molecule has 1 atom stereocenters. The van der Waals surface area contributed by atoms with Crippen LogP contribution >= 0.6 is 12.6 Å². The first-order valence-corrected chi connectivity index (χ1v) is 4.85. The second-order valence-corrected chi connectivity index (χ2v) is 3.80. The fourth-order valence-electron chi connectivity index (χ4n) is 1.91. The van der Waals surface area contributed by atoms with E-state index in [1.165, 1.54) is 0 Å².